The topological polar surface area (TPSA) is 56.6 Å². The van der Waals surface area contributed by atoms with Gasteiger partial charge in [0.2, 0.25) is 0 Å². The van der Waals surface area contributed by atoms with Gasteiger partial charge in [0, 0.05) is 23.8 Å². The van der Waals surface area contributed by atoms with Crippen molar-refractivity contribution >= 4 is 15.9 Å². The van der Waals surface area contributed by atoms with Crippen molar-refractivity contribution in [1.29, 1.82) is 0 Å². The van der Waals surface area contributed by atoms with Crippen molar-refractivity contribution in [3.8, 4) is 0 Å². The molecule has 4 fully saturated rings. The fourth-order valence-corrected chi connectivity index (χ4v) is 4.31. The maximum atomic E-state index is 10.8. The Bertz CT molecular complexity index is 476. The Morgan fingerprint density at radius 1 is 1.28 bits per heavy atom. The summed E-state index contributed by atoms with van der Waals surface area (Å²) in [5, 5.41) is 21.6. The molecule has 1 aliphatic carbocycles. The maximum absolute atomic E-state index is 10.8. The number of nitrogens with zero attached hydrogens (tertiary/aromatic N) is 2. The van der Waals surface area contributed by atoms with Crippen LogP contribution in [0.4, 0.5) is 0 Å². The Morgan fingerprint density at radius 2 is 2.00 bits per heavy atom. The highest BCUT2D eigenvalue weighted by Gasteiger charge is 2.85. The van der Waals surface area contributed by atoms with Gasteiger partial charge in [0.1, 0.15) is 5.60 Å². The summed E-state index contributed by atoms with van der Waals surface area (Å²) in [6, 6.07) is 3.81. The van der Waals surface area contributed by atoms with Gasteiger partial charge in [-0.05, 0) is 46.8 Å². The number of aromatic nitrogens is 1. The van der Waals surface area contributed by atoms with E-state index in [0.717, 1.165) is 36.1 Å². The molecule has 2 bridgehead atoms. The first-order valence-corrected chi connectivity index (χ1v) is 7.19. The lowest BCUT2D eigenvalue weighted by atomic mass is 9.83. The van der Waals surface area contributed by atoms with Crippen molar-refractivity contribution in [3.63, 3.8) is 0 Å². The van der Waals surface area contributed by atoms with Crippen LogP contribution in [0.1, 0.15) is 24.5 Å². The van der Waals surface area contributed by atoms with Crippen LogP contribution in [0.3, 0.4) is 0 Å². The van der Waals surface area contributed by atoms with E-state index in [1.54, 1.807) is 6.20 Å². The van der Waals surface area contributed by atoms with Crippen LogP contribution in [0, 0.1) is 5.92 Å². The molecule has 3 unspecified atom stereocenters. The summed E-state index contributed by atoms with van der Waals surface area (Å²) in [6.07, 6.45) is 3.68. The molecule has 1 aromatic heterocycles. The van der Waals surface area contributed by atoms with E-state index in [1.165, 1.54) is 0 Å². The lowest BCUT2D eigenvalue weighted by Gasteiger charge is -2.45. The van der Waals surface area contributed by atoms with E-state index in [2.05, 4.69) is 20.9 Å². The molecule has 2 N–H and O–H groups in total. The maximum Gasteiger partial charge on any atom is 0.159 e. The van der Waals surface area contributed by atoms with Crippen molar-refractivity contribution in [1.82, 2.24) is 9.88 Å². The first-order valence-electron chi connectivity index (χ1n) is 6.39. The minimum atomic E-state index is -1.07. The molecule has 5 rings (SSSR count). The minimum absolute atomic E-state index is 0.211. The normalized spacial score (nSPS) is 48.9. The summed E-state index contributed by atoms with van der Waals surface area (Å²) in [6.45, 7) is 1.77. The van der Waals surface area contributed by atoms with Gasteiger partial charge in [-0.3, -0.25) is 9.88 Å². The third-order valence-corrected chi connectivity index (χ3v) is 5.46. The first kappa shape index (κ1) is 11.3. The van der Waals surface area contributed by atoms with Gasteiger partial charge in [-0.25, -0.2) is 0 Å². The van der Waals surface area contributed by atoms with Gasteiger partial charge >= 0.3 is 0 Å². The van der Waals surface area contributed by atoms with Crippen LogP contribution >= 0.6 is 15.9 Å². The van der Waals surface area contributed by atoms with E-state index in [4.69, 9.17) is 0 Å². The number of pyridine rings is 1. The van der Waals surface area contributed by atoms with Crippen molar-refractivity contribution < 1.29 is 10.2 Å². The molecule has 4 aliphatic rings. The number of halogens is 1. The van der Waals surface area contributed by atoms with Crippen LogP contribution in [0.5, 0.6) is 0 Å². The van der Waals surface area contributed by atoms with E-state index in [1.807, 2.05) is 17.0 Å². The average molecular weight is 311 g/mol. The van der Waals surface area contributed by atoms with Gasteiger partial charge in [-0.15, -0.1) is 0 Å². The Balaban J connectivity index is 1.78. The molecule has 1 saturated carbocycles. The molecule has 3 saturated heterocycles. The predicted octanol–water partition coefficient (Wildman–Crippen LogP) is 1.09. The van der Waals surface area contributed by atoms with E-state index < -0.39 is 11.3 Å². The molecule has 0 spiro atoms. The molecule has 0 aromatic carbocycles. The van der Waals surface area contributed by atoms with Crippen molar-refractivity contribution in [3.05, 3.63) is 28.5 Å². The summed E-state index contributed by atoms with van der Waals surface area (Å²) in [4.78, 5) is 6.39. The summed E-state index contributed by atoms with van der Waals surface area (Å²) < 4.78 is 0.914. The fourth-order valence-electron chi connectivity index (χ4n) is 4.07. The summed E-state index contributed by atoms with van der Waals surface area (Å²) >= 11 is 3.36. The fraction of sp³-hybridized carbons (Fsp3) is 0.615. The second-order valence-corrected chi connectivity index (χ2v) is 6.56. The Labute approximate surface area is 114 Å². The molecule has 5 heteroatoms. The van der Waals surface area contributed by atoms with E-state index >= 15 is 0 Å². The van der Waals surface area contributed by atoms with Crippen molar-refractivity contribution in [2.45, 2.75) is 30.1 Å². The third kappa shape index (κ3) is 1.10. The average Bonchev–Trinajstić information content (AvgIpc) is 2.94. The second-order valence-electron chi connectivity index (χ2n) is 5.65. The number of piperidine rings is 3. The zero-order valence-corrected chi connectivity index (χ0v) is 11.5. The summed E-state index contributed by atoms with van der Waals surface area (Å²) in [5.74, 6) is -0.0453. The minimum Gasteiger partial charge on any atom is -0.384 e. The highest BCUT2D eigenvalue weighted by atomic mass is 79.9. The Morgan fingerprint density at radius 3 is 2.50 bits per heavy atom. The Kier molecular flexibility index (Phi) is 2.10. The van der Waals surface area contributed by atoms with E-state index in [9.17, 15) is 10.2 Å². The van der Waals surface area contributed by atoms with Crippen LogP contribution in [-0.2, 0) is 0 Å². The van der Waals surface area contributed by atoms with Crippen molar-refractivity contribution in [2.24, 2.45) is 5.92 Å². The van der Waals surface area contributed by atoms with E-state index in [0.29, 0.717) is 0 Å². The van der Waals surface area contributed by atoms with Crippen LogP contribution < -0.4 is 0 Å². The molecule has 3 atom stereocenters. The van der Waals surface area contributed by atoms with Gasteiger partial charge in [0.15, 0.2) is 5.72 Å². The monoisotopic (exact) mass is 310 g/mol. The molecule has 96 valence electrons. The molecular formula is C13H15BrN2O2. The Hall–Kier alpha value is -0.490. The summed E-state index contributed by atoms with van der Waals surface area (Å²) in [5.41, 5.74) is -1.26. The molecule has 4 heterocycles. The van der Waals surface area contributed by atoms with E-state index in [-0.39, 0.29) is 11.8 Å². The highest BCUT2D eigenvalue weighted by Crippen LogP contribution is 2.70. The molecule has 4 nitrogen and oxygen atoms in total. The number of hydrogen-bond acceptors (Lipinski definition) is 4. The van der Waals surface area contributed by atoms with Gasteiger partial charge < -0.3 is 10.2 Å². The number of fused-ring (bicyclic) bond motifs is 2. The molecule has 18 heavy (non-hydrogen) atoms. The van der Waals surface area contributed by atoms with Gasteiger partial charge in [-0.2, -0.15) is 0 Å². The highest BCUT2D eigenvalue weighted by molar-refractivity contribution is 9.10. The number of aliphatic hydroxyl groups is 2. The lowest BCUT2D eigenvalue weighted by Crippen LogP contribution is -2.57. The standard InChI is InChI=1S/C13H15BrN2O2/c14-9-1-2-10(15-7-9)11-12(17)8-3-5-16(6-4-8)13(11,12)18/h1-2,7-8,11,17-18H,3-6H2. The quantitative estimate of drug-likeness (QED) is 0.815. The zero-order chi connectivity index (χ0) is 12.5. The summed E-state index contributed by atoms with van der Waals surface area (Å²) in [7, 11) is 0. The van der Waals surface area contributed by atoms with Crippen LogP contribution in [-0.4, -0.2) is 44.5 Å². The molecular weight excluding hydrogens is 296 g/mol. The van der Waals surface area contributed by atoms with Crippen LogP contribution in [0.15, 0.2) is 22.8 Å². The smallest absolute Gasteiger partial charge is 0.159 e. The predicted molar refractivity (Wildman–Crippen MR) is 68.9 cm³/mol. The molecule has 3 aliphatic heterocycles. The molecule has 1 aromatic rings. The molecule has 0 amide bonds. The van der Waals surface area contributed by atoms with Gasteiger partial charge in [0.05, 0.1) is 11.6 Å². The van der Waals surface area contributed by atoms with Gasteiger partial charge in [0.25, 0.3) is 0 Å². The number of rotatable bonds is 1. The van der Waals surface area contributed by atoms with Crippen molar-refractivity contribution in [2.75, 3.05) is 13.1 Å². The largest absolute Gasteiger partial charge is 0.384 e. The number of hydrogen-bond donors (Lipinski definition) is 2. The van der Waals surface area contributed by atoms with Gasteiger partial charge in [-0.1, -0.05) is 0 Å². The van der Waals surface area contributed by atoms with Crippen LogP contribution in [0.2, 0.25) is 0 Å². The zero-order valence-electron chi connectivity index (χ0n) is 9.88. The van der Waals surface area contributed by atoms with Crippen LogP contribution in [0.25, 0.3) is 0 Å². The lowest BCUT2D eigenvalue weighted by molar-refractivity contribution is -0.164. The first-order chi connectivity index (χ1) is 8.58. The SMILES string of the molecule is OC12C3CCN(CC3)C1(O)C2c1ccc(Br)cn1. The third-order valence-electron chi connectivity index (χ3n) is 4.99. The second kappa shape index (κ2) is 3.33. The molecule has 0 radical (unpaired) electrons.